The molecule has 7 rings (SSSR count). The van der Waals surface area contributed by atoms with E-state index in [1.54, 1.807) is 0 Å². The lowest BCUT2D eigenvalue weighted by atomic mass is 9.91. The van der Waals surface area contributed by atoms with E-state index in [-0.39, 0.29) is 0 Å². The molecule has 0 aliphatic carbocycles. The fraction of sp³-hybridized carbons (Fsp3) is 0.0222. The number of aryl methyl sites for hydroxylation is 1. The maximum Gasteiger partial charge on any atom is 0.0175 e. The van der Waals surface area contributed by atoms with E-state index >= 15 is 0 Å². The van der Waals surface area contributed by atoms with Gasteiger partial charge in [0.25, 0.3) is 0 Å². The molecule has 0 aromatic heterocycles. The Kier molecular flexibility index (Phi) is 8.59. The second kappa shape index (κ2) is 13.4. The Labute approximate surface area is 280 Å². The summed E-state index contributed by atoms with van der Waals surface area (Å²) in [5, 5.41) is 0. The summed E-state index contributed by atoms with van der Waals surface area (Å²) in [5.41, 5.74) is 15.7. The molecular formula is C45H33Br. The summed E-state index contributed by atoms with van der Waals surface area (Å²) in [4.78, 5) is 0. The van der Waals surface area contributed by atoms with Crippen molar-refractivity contribution in [2.24, 2.45) is 0 Å². The maximum absolute atomic E-state index is 3.56. The molecule has 0 fully saturated rings. The summed E-state index contributed by atoms with van der Waals surface area (Å²) in [7, 11) is 0. The first-order valence-corrected chi connectivity index (χ1v) is 16.4. The van der Waals surface area contributed by atoms with Gasteiger partial charge in [0.2, 0.25) is 0 Å². The zero-order chi connectivity index (χ0) is 31.3. The van der Waals surface area contributed by atoms with Crippen molar-refractivity contribution in [3.63, 3.8) is 0 Å². The van der Waals surface area contributed by atoms with Gasteiger partial charge in [-0.2, -0.15) is 0 Å². The summed E-state index contributed by atoms with van der Waals surface area (Å²) < 4.78 is 1.08. The number of rotatable bonds is 7. The molecule has 0 radical (unpaired) electrons. The third-order valence-corrected chi connectivity index (χ3v) is 9.01. The highest BCUT2D eigenvalue weighted by molar-refractivity contribution is 9.10. The Morgan fingerprint density at radius 3 is 1.52 bits per heavy atom. The van der Waals surface area contributed by atoms with Crippen LogP contribution in [0.1, 0.15) is 16.7 Å². The molecule has 0 N–H and O–H groups in total. The molecule has 0 atom stereocenters. The van der Waals surface area contributed by atoms with Gasteiger partial charge in [0, 0.05) is 4.47 Å². The van der Waals surface area contributed by atoms with Crippen molar-refractivity contribution < 1.29 is 0 Å². The van der Waals surface area contributed by atoms with Crippen molar-refractivity contribution in [3.05, 3.63) is 191 Å². The smallest absolute Gasteiger partial charge is 0.0175 e. The molecule has 0 aliphatic rings. The van der Waals surface area contributed by atoms with E-state index in [1.165, 1.54) is 72.3 Å². The molecule has 0 saturated carbocycles. The van der Waals surface area contributed by atoms with Crippen LogP contribution in [0.2, 0.25) is 0 Å². The highest BCUT2D eigenvalue weighted by Crippen LogP contribution is 2.35. The monoisotopic (exact) mass is 652 g/mol. The van der Waals surface area contributed by atoms with Crippen molar-refractivity contribution in [1.82, 2.24) is 0 Å². The zero-order valence-corrected chi connectivity index (χ0v) is 27.3. The molecule has 0 nitrogen and oxygen atoms in total. The standard InChI is InChI=1S/C45H33Br/c1-32-11-8-9-18-44(32)45-26-23-39(38-17-10-16-37(29-38)36-21-24-43(46)25-22-36)30-40(45)20-19-33-27-41(34-12-4-2-5-13-34)31-42(28-33)35-14-6-3-7-15-35/h2-31H,1H3/b20-19-. The second-order valence-electron chi connectivity index (χ2n) is 11.6. The molecule has 0 spiro atoms. The third kappa shape index (κ3) is 6.56. The molecule has 0 heterocycles. The van der Waals surface area contributed by atoms with E-state index in [4.69, 9.17) is 0 Å². The third-order valence-electron chi connectivity index (χ3n) is 8.49. The molecule has 0 unspecified atom stereocenters. The van der Waals surface area contributed by atoms with Crippen LogP contribution in [0.25, 0.3) is 67.8 Å². The Balaban J connectivity index is 1.34. The van der Waals surface area contributed by atoms with E-state index in [0.717, 1.165) is 4.47 Å². The first-order valence-electron chi connectivity index (χ1n) is 15.6. The lowest BCUT2D eigenvalue weighted by molar-refractivity contribution is 1.45. The first kappa shape index (κ1) is 29.5. The number of hydrogen-bond donors (Lipinski definition) is 0. The molecule has 0 aliphatic heterocycles. The van der Waals surface area contributed by atoms with E-state index in [0.29, 0.717) is 0 Å². The first-order chi connectivity index (χ1) is 22.6. The van der Waals surface area contributed by atoms with Crippen LogP contribution >= 0.6 is 15.9 Å². The van der Waals surface area contributed by atoms with Crippen LogP contribution in [0.5, 0.6) is 0 Å². The fourth-order valence-corrected chi connectivity index (χ4v) is 6.31. The Morgan fingerprint density at radius 1 is 0.370 bits per heavy atom. The number of hydrogen-bond acceptors (Lipinski definition) is 0. The van der Waals surface area contributed by atoms with E-state index in [1.807, 2.05) is 0 Å². The number of halogens is 1. The summed E-state index contributed by atoms with van der Waals surface area (Å²) in [6, 6.07) is 61.0. The minimum absolute atomic E-state index is 1.08. The van der Waals surface area contributed by atoms with Crippen LogP contribution in [0.15, 0.2) is 174 Å². The van der Waals surface area contributed by atoms with E-state index in [9.17, 15) is 0 Å². The highest BCUT2D eigenvalue weighted by Gasteiger charge is 2.10. The highest BCUT2D eigenvalue weighted by atomic mass is 79.9. The van der Waals surface area contributed by atoms with Crippen LogP contribution in [0.3, 0.4) is 0 Å². The Hall–Kier alpha value is -5.24. The van der Waals surface area contributed by atoms with E-state index < -0.39 is 0 Å². The van der Waals surface area contributed by atoms with Gasteiger partial charge in [0.05, 0.1) is 0 Å². The van der Waals surface area contributed by atoms with Gasteiger partial charge in [0.1, 0.15) is 0 Å². The summed E-state index contributed by atoms with van der Waals surface area (Å²) >= 11 is 3.56. The van der Waals surface area contributed by atoms with Crippen molar-refractivity contribution in [1.29, 1.82) is 0 Å². The number of benzene rings is 7. The molecule has 0 amide bonds. The van der Waals surface area contributed by atoms with Crippen molar-refractivity contribution >= 4 is 28.1 Å². The van der Waals surface area contributed by atoms with Crippen LogP contribution in [0, 0.1) is 6.92 Å². The van der Waals surface area contributed by atoms with Gasteiger partial charge >= 0.3 is 0 Å². The molecule has 46 heavy (non-hydrogen) atoms. The van der Waals surface area contributed by atoms with E-state index in [2.05, 4.69) is 205 Å². The maximum atomic E-state index is 3.56. The topological polar surface area (TPSA) is 0 Å². The Morgan fingerprint density at radius 2 is 0.870 bits per heavy atom. The summed E-state index contributed by atoms with van der Waals surface area (Å²) in [5.74, 6) is 0. The lowest BCUT2D eigenvalue weighted by Gasteiger charge is -2.13. The normalized spacial score (nSPS) is 11.2. The quantitative estimate of drug-likeness (QED) is 0.150. The predicted octanol–water partition coefficient (Wildman–Crippen LogP) is 13.3. The van der Waals surface area contributed by atoms with Crippen molar-refractivity contribution in [3.8, 4) is 55.6 Å². The van der Waals surface area contributed by atoms with Crippen LogP contribution in [-0.2, 0) is 0 Å². The second-order valence-corrected chi connectivity index (χ2v) is 12.5. The molecule has 1 heteroatoms. The SMILES string of the molecule is Cc1ccccc1-c1ccc(-c2cccc(-c3ccc(Br)cc3)c2)cc1/C=C\c1cc(-c2ccccc2)cc(-c2ccccc2)c1. The molecule has 0 saturated heterocycles. The fourth-order valence-electron chi connectivity index (χ4n) is 6.05. The lowest BCUT2D eigenvalue weighted by Crippen LogP contribution is -1.89. The van der Waals surface area contributed by atoms with Gasteiger partial charge in [0.15, 0.2) is 0 Å². The zero-order valence-electron chi connectivity index (χ0n) is 25.7. The van der Waals surface area contributed by atoms with Crippen molar-refractivity contribution in [2.75, 3.05) is 0 Å². The molecular weight excluding hydrogens is 620 g/mol. The molecule has 7 aromatic rings. The molecule has 7 aromatic carbocycles. The average molecular weight is 654 g/mol. The largest absolute Gasteiger partial charge is 0.0622 e. The van der Waals surface area contributed by atoms with Gasteiger partial charge in [-0.25, -0.2) is 0 Å². The molecule has 0 bridgehead atoms. The van der Waals surface area contributed by atoms with Crippen LogP contribution in [0.4, 0.5) is 0 Å². The van der Waals surface area contributed by atoms with Gasteiger partial charge in [-0.1, -0.05) is 155 Å². The van der Waals surface area contributed by atoms with Crippen molar-refractivity contribution in [2.45, 2.75) is 6.92 Å². The van der Waals surface area contributed by atoms with Crippen LogP contribution < -0.4 is 0 Å². The van der Waals surface area contributed by atoms with Gasteiger partial charge in [-0.3, -0.25) is 0 Å². The average Bonchev–Trinajstić information content (AvgIpc) is 3.12. The minimum atomic E-state index is 1.08. The Bertz CT molecular complexity index is 2080. The summed E-state index contributed by atoms with van der Waals surface area (Å²) in [6.07, 6.45) is 4.54. The van der Waals surface area contributed by atoms with Crippen LogP contribution in [-0.4, -0.2) is 0 Å². The predicted molar refractivity (Wildman–Crippen MR) is 201 cm³/mol. The molecule has 220 valence electrons. The van der Waals surface area contributed by atoms with Gasteiger partial charge in [-0.05, 0) is 122 Å². The van der Waals surface area contributed by atoms with Gasteiger partial charge in [-0.15, -0.1) is 0 Å². The van der Waals surface area contributed by atoms with Gasteiger partial charge < -0.3 is 0 Å². The minimum Gasteiger partial charge on any atom is -0.0622 e. The summed E-state index contributed by atoms with van der Waals surface area (Å²) in [6.45, 7) is 2.19.